The van der Waals surface area contributed by atoms with E-state index in [1.165, 1.54) is 0 Å². The Morgan fingerprint density at radius 2 is 0.625 bits per heavy atom. The van der Waals surface area contributed by atoms with Crippen molar-refractivity contribution in [2.45, 2.75) is 11.2 Å². The van der Waals surface area contributed by atoms with E-state index in [2.05, 4.69) is 0 Å². The molecule has 0 radical (unpaired) electrons. The number of aliphatic hydroxyl groups is 6. The van der Waals surface area contributed by atoms with Gasteiger partial charge in [-0.3, -0.25) is 0 Å². The van der Waals surface area contributed by atoms with Crippen LogP contribution in [0.2, 0.25) is 0 Å². The standard InChI is InChI=1S/C23H24O16.C5H12O4/c24-13-21(14-25,22(7-1-15(26)27,8-2-16(28)29)38-11-5-19(34)35)23(9-3-17(30)31,10-4-18(32)33)39-12-6-20(36)37;6-1-5(2-7,3-8)4-9/h1-12,24-25H,13-14H2,(H,26,27)(H,28,29)(H,30,31)(H,32,33)(H,34,35)(H,36,37);6-9H,1-4H2. The minimum atomic E-state index is -2.80. The first-order valence-electron chi connectivity index (χ1n) is 12.9. The first-order valence-corrected chi connectivity index (χ1v) is 12.9. The fraction of sp³-hybridized carbons (Fsp3) is 0.357. The molecule has 0 aliphatic rings. The van der Waals surface area contributed by atoms with Gasteiger partial charge in [0.1, 0.15) is 5.41 Å². The van der Waals surface area contributed by atoms with Crippen molar-refractivity contribution in [2.75, 3.05) is 39.6 Å². The lowest BCUT2D eigenvalue weighted by Gasteiger charge is -2.52. The van der Waals surface area contributed by atoms with Crippen molar-refractivity contribution in [3.8, 4) is 0 Å². The molecule has 12 N–H and O–H groups in total. The summed E-state index contributed by atoms with van der Waals surface area (Å²) >= 11 is 0. The lowest BCUT2D eigenvalue weighted by Crippen LogP contribution is -2.64. The van der Waals surface area contributed by atoms with E-state index in [-0.39, 0.29) is 0 Å². The fourth-order valence-corrected chi connectivity index (χ4v) is 3.47. The Morgan fingerprint density at radius 3 is 0.771 bits per heavy atom. The van der Waals surface area contributed by atoms with Gasteiger partial charge >= 0.3 is 35.8 Å². The number of hydrogen-bond acceptors (Lipinski definition) is 14. The van der Waals surface area contributed by atoms with E-state index in [1.807, 2.05) is 0 Å². The summed E-state index contributed by atoms with van der Waals surface area (Å²) in [7, 11) is 0. The average Bonchev–Trinajstić information content (AvgIpc) is 3.02. The van der Waals surface area contributed by atoms with E-state index in [9.17, 15) is 59.4 Å². The van der Waals surface area contributed by atoms with Gasteiger partial charge in [-0.25, -0.2) is 28.8 Å². The van der Waals surface area contributed by atoms with Gasteiger partial charge in [-0.2, -0.15) is 0 Å². The largest absolute Gasteiger partial charge is 0.485 e. The maximum atomic E-state index is 11.4. The highest BCUT2D eigenvalue weighted by Crippen LogP contribution is 2.50. The zero-order valence-electron chi connectivity index (χ0n) is 24.8. The fourth-order valence-electron chi connectivity index (χ4n) is 3.47. The van der Waals surface area contributed by atoms with Crippen molar-refractivity contribution in [2.24, 2.45) is 10.8 Å². The molecule has 0 aromatic carbocycles. The van der Waals surface area contributed by atoms with Crippen LogP contribution in [-0.2, 0) is 38.2 Å². The molecule has 268 valence electrons. The third-order valence-electron chi connectivity index (χ3n) is 6.22. The number of carbonyl (C=O) groups is 6. The SMILES string of the molecule is O=C(O)C=COC(C=CC(=O)O)(C=CC(=O)O)C(CO)(CO)C(C=CC(=O)O)(C=CC(=O)O)OC=CC(=O)O.OCC(CO)(CO)CO. The molecule has 0 saturated carbocycles. The van der Waals surface area contributed by atoms with Gasteiger partial charge in [0.2, 0.25) is 0 Å². The summed E-state index contributed by atoms with van der Waals surface area (Å²) in [5, 5.41) is 110. The maximum Gasteiger partial charge on any atom is 0.331 e. The quantitative estimate of drug-likeness (QED) is 0.0401. The lowest BCUT2D eigenvalue weighted by atomic mass is 9.60. The van der Waals surface area contributed by atoms with Crippen LogP contribution in [-0.4, -0.2) is 148 Å². The van der Waals surface area contributed by atoms with Crippen LogP contribution >= 0.6 is 0 Å². The maximum absolute atomic E-state index is 11.4. The molecule has 0 bridgehead atoms. The molecule has 0 aromatic rings. The summed E-state index contributed by atoms with van der Waals surface area (Å²) in [5.41, 5.74) is -9.51. The second kappa shape index (κ2) is 21.4. The van der Waals surface area contributed by atoms with Gasteiger partial charge in [0.05, 0.1) is 69.7 Å². The highest BCUT2D eigenvalue weighted by atomic mass is 16.5. The molecule has 0 heterocycles. The Hall–Kier alpha value is -5.38. The molecular weight excluding hydrogens is 656 g/mol. The van der Waals surface area contributed by atoms with Crippen molar-refractivity contribution < 1.29 is 99.5 Å². The Labute approximate surface area is 270 Å². The molecule has 0 aliphatic carbocycles. The number of carboxylic acids is 6. The minimum absolute atomic E-state index is 0.320. The van der Waals surface area contributed by atoms with Crippen LogP contribution in [0.4, 0.5) is 0 Å². The third-order valence-corrected chi connectivity index (χ3v) is 6.22. The van der Waals surface area contributed by atoms with E-state index >= 15 is 0 Å². The molecule has 0 aromatic heterocycles. The molecule has 0 aliphatic heterocycles. The van der Waals surface area contributed by atoms with Gasteiger partial charge in [0, 0.05) is 24.3 Å². The van der Waals surface area contributed by atoms with Gasteiger partial charge in [-0.15, -0.1) is 0 Å². The molecule has 0 amide bonds. The van der Waals surface area contributed by atoms with Gasteiger partial charge in [0.15, 0.2) is 11.2 Å². The summed E-state index contributed by atoms with van der Waals surface area (Å²) in [4.78, 5) is 67.6. The summed E-state index contributed by atoms with van der Waals surface area (Å²) in [6, 6.07) is 0. The van der Waals surface area contributed by atoms with Crippen LogP contribution in [0.1, 0.15) is 0 Å². The highest BCUT2D eigenvalue weighted by Gasteiger charge is 2.63. The zero-order chi connectivity index (χ0) is 37.6. The molecule has 0 fully saturated rings. The van der Waals surface area contributed by atoms with E-state index < -0.39 is 97.5 Å². The van der Waals surface area contributed by atoms with Crippen molar-refractivity contribution in [3.05, 3.63) is 73.3 Å². The minimum Gasteiger partial charge on any atom is -0.485 e. The molecule has 0 saturated heterocycles. The summed E-state index contributed by atoms with van der Waals surface area (Å²) < 4.78 is 10.7. The van der Waals surface area contributed by atoms with Gasteiger partial charge in [-0.05, 0) is 24.3 Å². The molecule has 0 rings (SSSR count). The smallest absolute Gasteiger partial charge is 0.331 e. The molecule has 20 nitrogen and oxygen atoms in total. The van der Waals surface area contributed by atoms with Crippen LogP contribution in [0.15, 0.2) is 73.3 Å². The third kappa shape index (κ3) is 13.5. The van der Waals surface area contributed by atoms with Crippen LogP contribution in [0, 0.1) is 10.8 Å². The average molecular weight is 693 g/mol. The lowest BCUT2D eigenvalue weighted by molar-refractivity contribution is -0.165. The molecular formula is C28H36O20. The Bertz CT molecular complexity index is 1130. The van der Waals surface area contributed by atoms with Crippen molar-refractivity contribution in [3.63, 3.8) is 0 Å². The van der Waals surface area contributed by atoms with Crippen molar-refractivity contribution in [1.29, 1.82) is 0 Å². The Balaban J connectivity index is 0. The van der Waals surface area contributed by atoms with Gasteiger partial charge in [0.25, 0.3) is 0 Å². The summed E-state index contributed by atoms with van der Waals surface area (Å²) in [6.45, 7) is -4.56. The zero-order valence-corrected chi connectivity index (χ0v) is 24.8. The van der Waals surface area contributed by atoms with Crippen LogP contribution < -0.4 is 0 Å². The van der Waals surface area contributed by atoms with Crippen molar-refractivity contribution >= 4 is 35.8 Å². The van der Waals surface area contributed by atoms with Crippen LogP contribution in [0.25, 0.3) is 0 Å². The monoisotopic (exact) mass is 692 g/mol. The van der Waals surface area contributed by atoms with E-state index in [0.29, 0.717) is 73.3 Å². The summed E-state index contributed by atoms with van der Waals surface area (Å²) in [6.07, 6.45) is 4.83. The molecule has 0 unspecified atom stereocenters. The van der Waals surface area contributed by atoms with Gasteiger partial charge in [-0.1, -0.05) is 0 Å². The van der Waals surface area contributed by atoms with Crippen LogP contribution in [0.5, 0.6) is 0 Å². The molecule has 48 heavy (non-hydrogen) atoms. The van der Waals surface area contributed by atoms with E-state index in [0.717, 1.165) is 0 Å². The highest BCUT2D eigenvalue weighted by molar-refractivity contribution is 5.83. The predicted octanol–water partition coefficient (Wildman–Crippen LogP) is -2.83. The predicted molar refractivity (Wildman–Crippen MR) is 156 cm³/mol. The van der Waals surface area contributed by atoms with E-state index in [4.69, 9.17) is 40.1 Å². The topological polar surface area (TPSA) is 364 Å². The number of rotatable bonds is 22. The normalized spacial score (nSPS) is 15.0. The Morgan fingerprint density at radius 1 is 0.396 bits per heavy atom. The molecule has 20 heteroatoms. The van der Waals surface area contributed by atoms with Crippen LogP contribution in [0.3, 0.4) is 0 Å². The number of hydrogen-bond donors (Lipinski definition) is 12. The van der Waals surface area contributed by atoms with Crippen molar-refractivity contribution in [1.82, 2.24) is 0 Å². The second-order valence-electron chi connectivity index (χ2n) is 9.32. The number of carboxylic acid groups (broad SMARTS) is 6. The second-order valence-corrected chi connectivity index (χ2v) is 9.32. The first kappa shape index (κ1) is 44.7. The Kier molecular flexibility index (Phi) is 20.0. The molecule has 0 atom stereocenters. The van der Waals surface area contributed by atoms with Gasteiger partial charge < -0.3 is 70.8 Å². The molecule has 0 spiro atoms. The number of aliphatic carboxylic acids is 6. The van der Waals surface area contributed by atoms with E-state index in [1.54, 1.807) is 0 Å². The number of ether oxygens (including phenoxy) is 2. The number of aliphatic hydroxyl groups excluding tert-OH is 6. The first-order chi connectivity index (χ1) is 22.4. The summed E-state index contributed by atoms with van der Waals surface area (Å²) in [5.74, 6) is -10.1.